The molecule has 0 unspecified atom stereocenters. The van der Waals surface area contributed by atoms with Crippen LogP contribution in [0.15, 0.2) is 29.3 Å². The smallest absolute Gasteiger partial charge is 0.242 e. The van der Waals surface area contributed by atoms with Crippen molar-refractivity contribution in [1.29, 1.82) is 0 Å². The number of thioether (sulfide) groups is 1. The molecular weight excluding hydrogens is 283 g/mol. The topological polar surface area (TPSA) is 72.8 Å². The third kappa shape index (κ3) is 3.16. The molecule has 1 amide bonds. The van der Waals surface area contributed by atoms with Crippen LogP contribution in [0.4, 0.5) is 10.1 Å². The molecular formula is C13H12FN2O3S-. The molecule has 1 heterocycles. The van der Waals surface area contributed by atoms with E-state index >= 15 is 0 Å². The molecule has 1 fully saturated rings. The van der Waals surface area contributed by atoms with Crippen LogP contribution in [0.1, 0.15) is 13.3 Å². The van der Waals surface area contributed by atoms with E-state index in [1.807, 2.05) is 0 Å². The molecule has 5 nitrogen and oxygen atoms in total. The van der Waals surface area contributed by atoms with Gasteiger partial charge in [-0.2, -0.15) is 0 Å². The summed E-state index contributed by atoms with van der Waals surface area (Å²) in [5.41, 5.74) is 0.509. The van der Waals surface area contributed by atoms with Gasteiger partial charge in [-0.15, -0.1) is 0 Å². The van der Waals surface area contributed by atoms with Crippen molar-refractivity contribution in [2.75, 3.05) is 6.54 Å². The Balaban J connectivity index is 2.24. The molecule has 2 rings (SSSR count). The molecule has 1 aromatic carbocycles. The molecule has 1 atom stereocenters. The molecule has 0 bridgehead atoms. The molecule has 0 saturated carbocycles. The first-order valence-corrected chi connectivity index (χ1v) is 6.91. The largest absolute Gasteiger partial charge is 0.550 e. The van der Waals surface area contributed by atoms with Gasteiger partial charge in [0, 0.05) is 18.9 Å². The summed E-state index contributed by atoms with van der Waals surface area (Å²) in [6.07, 6.45) is -0.345. The zero-order chi connectivity index (χ0) is 14.7. The molecule has 106 valence electrons. The second-order valence-corrected chi connectivity index (χ2v) is 5.31. The lowest BCUT2D eigenvalue weighted by Gasteiger charge is -2.13. The highest BCUT2D eigenvalue weighted by atomic mass is 32.2. The molecule has 0 radical (unpaired) electrons. The van der Waals surface area contributed by atoms with Gasteiger partial charge < -0.3 is 9.90 Å². The van der Waals surface area contributed by atoms with Crippen LogP contribution in [0.2, 0.25) is 0 Å². The minimum Gasteiger partial charge on any atom is -0.550 e. The molecule has 7 heteroatoms. The molecule has 1 aliphatic heterocycles. The predicted octanol–water partition coefficient (Wildman–Crippen LogP) is 0.917. The van der Waals surface area contributed by atoms with Crippen molar-refractivity contribution in [3.63, 3.8) is 0 Å². The van der Waals surface area contributed by atoms with Crippen LogP contribution < -0.4 is 5.11 Å². The van der Waals surface area contributed by atoms with Gasteiger partial charge >= 0.3 is 0 Å². The minimum atomic E-state index is -1.27. The van der Waals surface area contributed by atoms with Crippen LogP contribution in [-0.2, 0) is 9.59 Å². The van der Waals surface area contributed by atoms with E-state index in [1.165, 1.54) is 29.2 Å². The average molecular weight is 295 g/mol. The van der Waals surface area contributed by atoms with Gasteiger partial charge in [0.15, 0.2) is 5.17 Å². The van der Waals surface area contributed by atoms with Gasteiger partial charge in [0.25, 0.3) is 0 Å². The normalized spacial score (nSPS) is 20.7. The zero-order valence-corrected chi connectivity index (χ0v) is 11.5. The Hall–Kier alpha value is -1.89. The maximum atomic E-state index is 12.8. The lowest BCUT2D eigenvalue weighted by Crippen LogP contribution is -2.34. The number of halogens is 1. The summed E-state index contributed by atoms with van der Waals surface area (Å²) in [4.78, 5) is 28.3. The molecule has 0 N–H and O–H groups in total. The van der Waals surface area contributed by atoms with E-state index < -0.39 is 11.2 Å². The molecule has 0 aliphatic carbocycles. The average Bonchev–Trinajstić information content (AvgIpc) is 2.67. The number of aliphatic imine (C=N–C) groups is 1. The van der Waals surface area contributed by atoms with Crippen LogP contribution in [0.3, 0.4) is 0 Å². The lowest BCUT2D eigenvalue weighted by atomic mass is 10.3. The highest BCUT2D eigenvalue weighted by Gasteiger charge is 2.36. The Labute approximate surface area is 119 Å². The highest BCUT2D eigenvalue weighted by Crippen LogP contribution is 2.31. The van der Waals surface area contributed by atoms with Gasteiger partial charge in [-0.05, 0) is 31.2 Å². The van der Waals surface area contributed by atoms with Crippen molar-refractivity contribution < 1.29 is 19.1 Å². The Bertz CT molecular complexity index is 559. The number of amides is 1. The third-order valence-electron chi connectivity index (χ3n) is 2.74. The number of hydrogen-bond donors (Lipinski definition) is 0. The van der Waals surface area contributed by atoms with Gasteiger partial charge in [-0.3, -0.25) is 9.69 Å². The zero-order valence-electron chi connectivity index (χ0n) is 10.7. The van der Waals surface area contributed by atoms with E-state index in [2.05, 4.69) is 4.99 Å². The number of amidine groups is 1. The van der Waals surface area contributed by atoms with Gasteiger partial charge in [-0.1, -0.05) is 11.8 Å². The summed E-state index contributed by atoms with van der Waals surface area (Å²) < 4.78 is 12.8. The van der Waals surface area contributed by atoms with E-state index in [0.29, 0.717) is 17.4 Å². The second kappa shape index (κ2) is 6.04. The van der Waals surface area contributed by atoms with Crippen LogP contribution in [-0.4, -0.2) is 33.7 Å². The summed E-state index contributed by atoms with van der Waals surface area (Å²) in [6.45, 7) is 2.18. The number of aliphatic carboxylic acids is 1. The van der Waals surface area contributed by atoms with Gasteiger partial charge in [-0.25, -0.2) is 9.38 Å². The van der Waals surface area contributed by atoms with Crippen molar-refractivity contribution in [3.05, 3.63) is 30.1 Å². The molecule has 0 aromatic heterocycles. The predicted molar refractivity (Wildman–Crippen MR) is 71.9 cm³/mol. The first kappa shape index (κ1) is 14.5. The number of carbonyl (C=O) groups is 2. The molecule has 1 saturated heterocycles. The summed E-state index contributed by atoms with van der Waals surface area (Å²) in [6, 6.07) is 5.53. The highest BCUT2D eigenvalue weighted by molar-refractivity contribution is 8.15. The van der Waals surface area contributed by atoms with E-state index in [0.717, 1.165) is 11.8 Å². The fourth-order valence-electron chi connectivity index (χ4n) is 1.79. The van der Waals surface area contributed by atoms with Gasteiger partial charge in [0.05, 0.1) is 10.9 Å². The summed E-state index contributed by atoms with van der Waals surface area (Å²) in [5.74, 6) is -1.93. The first-order valence-electron chi connectivity index (χ1n) is 6.03. The quantitative estimate of drug-likeness (QED) is 0.828. The van der Waals surface area contributed by atoms with Gasteiger partial charge in [0.2, 0.25) is 5.91 Å². The summed E-state index contributed by atoms with van der Waals surface area (Å²) in [7, 11) is 0. The van der Waals surface area contributed by atoms with E-state index in [4.69, 9.17) is 0 Å². The number of nitrogens with zero attached hydrogens (tertiary/aromatic N) is 2. The van der Waals surface area contributed by atoms with Crippen molar-refractivity contribution in [2.24, 2.45) is 4.99 Å². The van der Waals surface area contributed by atoms with E-state index in [-0.39, 0.29) is 18.1 Å². The number of rotatable bonds is 4. The Morgan fingerprint density at radius 2 is 2.10 bits per heavy atom. The number of benzene rings is 1. The number of hydrogen-bond acceptors (Lipinski definition) is 5. The van der Waals surface area contributed by atoms with Crippen molar-refractivity contribution in [1.82, 2.24) is 4.90 Å². The van der Waals surface area contributed by atoms with Crippen LogP contribution >= 0.6 is 11.8 Å². The minimum absolute atomic E-state index is 0.289. The summed E-state index contributed by atoms with van der Waals surface area (Å²) >= 11 is 1.09. The Morgan fingerprint density at radius 1 is 1.45 bits per heavy atom. The van der Waals surface area contributed by atoms with Gasteiger partial charge in [0.1, 0.15) is 5.82 Å². The first-order chi connectivity index (χ1) is 9.51. The second-order valence-electron chi connectivity index (χ2n) is 4.14. The number of carboxylic acids is 1. The lowest BCUT2D eigenvalue weighted by molar-refractivity contribution is -0.305. The Kier molecular flexibility index (Phi) is 4.39. The number of carbonyl (C=O) groups excluding carboxylic acids is 2. The van der Waals surface area contributed by atoms with Crippen molar-refractivity contribution in [2.45, 2.75) is 18.6 Å². The van der Waals surface area contributed by atoms with E-state index in [1.54, 1.807) is 6.92 Å². The summed E-state index contributed by atoms with van der Waals surface area (Å²) in [5, 5.41) is 10.3. The monoisotopic (exact) mass is 295 g/mol. The fourth-order valence-corrected chi connectivity index (χ4v) is 3.00. The SMILES string of the molecule is CCN1C(=O)[C@@H](CC(=O)[O-])SC1=Nc1ccc(F)cc1. The standard InChI is InChI=1S/C13H13FN2O3S/c1-2-16-12(19)10(7-11(17)18)20-13(16)15-9-5-3-8(14)4-6-9/h3-6,10H,2,7H2,1H3,(H,17,18)/p-1/t10-/m1/s1. The van der Waals surface area contributed by atoms with Crippen LogP contribution in [0.25, 0.3) is 0 Å². The molecule has 1 aliphatic rings. The van der Waals surface area contributed by atoms with Crippen molar-refractivity contribution >= 4 is 34.5 Å². The Morgan fingerprint density at radius 3 is 2.65 bits per heavy atom. The molecule has 1 aromatic rings. The molecule has 0 spiro atoms. The van der Waals surface area contributed by atoms with E-state index in [9.17, 15) is 19.1 Å². The maximum absolute atomic E-state index is 12.8. The van der Waals surface area contributed by atoms with Crippen LogP contribution in [0, 0.1) is 5.82 Å². The number of carboxylic acid groups (broad SMARTS) is 1. The maximum Gasteiger partial charge on any atom is 0.242 e. The third-order valence-corrected chi connectivity index (χ3v) is 3.92. The van der Waals surface area contributed by atoms with Crippen LogP contribution in [0.5, 0.6) is 0 Å². The fraction of sp³-hybridized carbons (Fsp3) is 0.308. The van der Waals surface area contributed by atoms with Crippen molar-refractivity contribution in [3.8, 4) is 0 Å². The molecule has 20 heavy (non-hydrogen) atoms.